The summed E-state index contributed by atoms with van der Waals surface area (Å²) in [4.78, 5) is 32.3. The molecule has 41 heavy (non-hydrogen) atoms. The van der Waals surface area contributed by atoms with Crippen molar-refractivity contribution in [2.75, 3.05) is 13.2 Å². The number of hydrogen-bond acceptors (Lipinski definition) is 11. The van der Waals surface area contributed by atoms with E-state index in [2.05, 4.69) is 25.6 Å². The average Bonchev–Trinajstić information content (AvgIpc) is 3.63. The van der Waals surface area contributed by atoms with Crippen LogP contribution in [0.2, 0.25) is 0 Å². The lowest BCUT2D eigenvalue weighted by atomic mass is 10.1. The fourth-order valence-corrected chi connectivity index (χ4v) is 3.50. The Morgan fingerprint density at radius 3 is 2.17 bits per heavy atom. The fourth-order valence-electron chi connectivity index (χ4n) is 3.50. The van der Waals surface area contributed by atoms with Gasteiger partial charge in [-0.15, -0.1) is 12.4 Å². The first-order valence-corrected chi connectivity index (χ1v) is 12.5. The number of benzene rings is 2. The molecule has 3 N–H and O–H groups in total. The van der Waals surface area contributed by atoms with Crippen LogP contribution in [0.3, 0.4) is 0 Å². The highest BCUT2D eigenvalue weighted by atomic mass is 35.5. The Hall–Kier alpha value is -4.36. The van der Waals surface area contributed by atoms with E-state index in [1.54, 1.807) is 26.0 Å². The maximum Gasteiger partial charge on any atom is 0.319 e. The monoisotopic (exact) mass is 588 g/mol. The van der Waals surface area contributed by atoms with Gasteiger partial charge in [0, 0.05) is 17.0 Å². The van der Waals surface area contributed by atoms with Crippen LogP contribution in [0.25, 0.3) is 22.8 Å². The zero-order valence-electron chi connectivity index (χ0n) is 22.8. The van der Waals surface area contributed by atoms with Crippen LogP contribution in [0.4, 0.5) is 4.39 Å². The molecule has 2 aromatic carbocycles. The van der Waals surface area contributed by atoms with Crippen molar-refractivity contribution in [2.45, 2.75) is 45.8 Å². The van der Waals surface area contributed by atoms with E-state index in [9.17, 15) is 14.0 Å². The average molecular weight is 589 g/mol. The van der Waals surface area contributed by atoms with Gasteiger partial charge < -0.3 is 29.6 Å². The third-order valence-corrected chi connectivity index (χ3v) is 5.66. The number of nitrogens with one attached hydrogen (secondary N) is 1. The molecule has 2 atom stereocenters. The molecule has 1 amide bonds. The lowest BCUT2D eigenvalue weighted by Crippen LogP contribution is -2.37. The second-order valence-corrected chi connectivity index (χ2v) is 9.31. The standard InChI is InChI=1S/C27H29FN6O6.ClH/c1-14(2)26-31-23(33-39-26)17-5-8-19(9-6-17)38-16(4)27-32-24(34-40-27)18-7-10-20(21(28)11-18)25(36)30-15(3)13-37-22(35)12-29;/h5-11,14-16H,12-13,29H2,1-4H3,(H,30,36);1H/t15-,16?;/m1./s1. The lowest BCUT2D eigenvalue weighted by molar-refractivity contribution is -0.142. The number of nitrogens with two attached hydrogens (primary N) is 1. The Morgan fingerprint density at radius 1 is 0.951 bits per heavy atom. The van der Waals surface area contributed by atoms with Crippen molar-refractivity contribution >= 4 is 24.3 Å². The van der Waals surface area contributed by atoms with Crippen molar-refractivity contribution in [1.82, 2.24) is 25.6 Å². The molecule has 0 radical (unpaired) electrons. The van der Waals surface area contributed by atoms with Gasteiger partial charge in [-0.05, 0) is 50.2 Å². The molecule has 0 fully saturated rings. The molecule has 4 rings (SSSR count). The maximum absolute atomic E-state index is 14.8. The van der Waals surface area contributed by atoms with Crippen LogP contribution in [-0.4, -0.2) is 51.4 Å². The molecule has 14 heteroatoms. The second-order valence-electron chi connectivity index (χ2n) is 9.31. The number of nitrogens with zero attached hydrogens (tertiary/aromatic N) is 4. The predicted octanol–water partition coefficient (Wildman–Crippen LogP) is 4.23. The quantitative estimate of drug-likeness (QED) is 0.240. The topological polar surface area (TPSA) is 168 Å². The van der Waals surface area contributed by atoms with E-state index in [0.29, 0.717) is 23.0 Å². The molecule has 12 nitrogen and oxygen atoms in total. The van der Waals surface area contributed by atoms with Crippen molar-refractivity contribution in [3.8, 4) is 28.5 Å². The molecule has 0 saturated carbocycles. The highest BCUT2D eigenvalue weighted by molar-refractivity contribution is 5.95. The SMILES string of the molecule is CC(C)c1nc(-c2ccc(OC(C)c3nc(-c4ccc(C(=O)N[C@H](C)COC(=O)CN)c(F)c4)no3)cc2)no1.Cl. The molecule has 0 aliphatic carbocycles. The normalized spacial score (nSPS) is 12.4. The van der Waals surface area contributed by atoms with Gasteiger partial charge in [-0.3, -0.25) is 9.59 Å². The van der Waals surface area contributed by atoms with Crippen LogP contribution >= 0.6 is 12.4 Å². The van der Waals surface area contributed by atoms with Gasteiger partial charge in [0.2, 0.25) is 17.5 Å². The number of hydrogen-bond donors (Lipinski definition) is 2. The van der Waals surface area contributed by atoms with Crippen LogP contribution < -0.4 is 15.8 Å². The summed E-state index contributed by atoms with van der Waals surface area (Å²) in [6.45, 7) is 6.93. The van der Waals surface area contributed by atoms with Gasteiger partial charge in [-0.25, -0.2) is 4.39 Å². The highest BCUT2D eigenvalue weighted by Gasteiger charge is 2.20. The predicted molar refractivity (Wildman–Crippen MR) is 147 cm³/mol. The van der Waals surface area contributed by atoms with Gasteiger partial charge in [0.05, 0.1) is 18.2 Å². The number of ether oxygens (including phenoxy) is 2. The molecular formula is C27H30ClFN6O6. The van der Waals surface area contributed by atoms with E-state index < -0.39 is 29.8 Å². The first kappa shape index (κ1) is 31.2. The number of amides is 1. The van der Waals surface area contributed by atoms with E-state index in [0.717, 1.165) is 11.6 Å². The van der Waals surface area contributed by atoms with E-state index in [-0.39, 0.29) is 48.8 Å². The third kappa shape index (κ3) is 7.86. The Kier molecular flexibility index (Phi) is 10.5. The van der Waals surface area contributed by atoms with Crippen LogP contribution in [0.15, 0.2) is 51.5 Å². The summed E-state index contributed by atoms with van der Waals surface area (Å²) in [5.41, 5.74) is 6.07. The lowest BCUT2D eigenvalue weighted by Gasteiger charge is -2.14. The second kappa shape index (κ2) is 13.8. The number of carbonyl (C=O) groups is 2. The van der Waals surface area contributed by atoms with Crippen LogP contribution in [-0.2, 0) is 9.53 Å². The molecular weight excluding hydrogens is 559 g/mol. The molecule has 2 heterocycles. The summed E-state index contributed by atoms with van der Waals surface area (Å²) >= 11 is 0. The molecule has 2 aromatic heterocycles. The van der Waals surface area contributed by atoms with Gasteiger partial charge >= 0.3 is 5.97 Å². The van der Waals surface area contributed by atoms with Crippen molar-refractivity contribution < 1.29 is 32.5 Å². The summed E-state index contributed by atoms with van der Waals surface area (Å²) in [7, 11) is 0. The van der Waals surface area contributed by atoms with Gasteiger partial charge in [0.15, 0.2) is 6.10 Å². The molecule has 0 aliphatic rings. The van der Waals surface area contributed by atoms with Gasteiger partial charge in [-0.2, -0.15) is 9.97 Å². The Bertz CT molecular complexity index is 1480. The molecule has 1 unspecified atom stereocenters. The molecule has 4 aromatic rings. The third-order valence-electron chi connectivity index (χ3n) is 5.66. The van der Waals surface area contributed by atoms with Crippen molar-refractivity contribution in [3.05, 3.63) is 65.6 Å². The van der Waals surface area contributed by atoms with E-state index in [1.165, 1.54) is 12.1 Å². The number of esters is 1. The molecule has 0 bridgehead atoms. The number of halogens is 2. The van der Waals surface area contributed by atoms with Crippen LogP contribution in [0.1, 0.15) is 61.9 Å². The highest BCUT2D eigenvalue weighted by Crippen LogP contribution is 2.27. The zero-order valence-corrected chi connectivity index (χ0v) is 23.6. The summed E-state index contributed by atoms with van der Waals surface area (Å²) in [6, 6.07) is 10.5. The summed E-state index contributed by atoms with van der Waals surface area (Å²) in [5, 5.41) is 10.5. The zero-order chi connectivity index (χ0) is 28.8. The number of aromatic nitrogens is 4. The Morgan fingerprint density at radius 2 is 1.56 bits per heavy atom. The van der Waals surface area contributed by atoms with Crippen molar-refractivity contribution in [2.24, 2.45) is 5.73 Å². The molecule has 0 spiro atoms. The van der Waals surface area contributed by atoms with Gasteiger partial charge in [0.1, 0.15) is 18.2 Å². The van der Waals surface area contributed by atoms with Gasteiger partial charge in [0.25, 0.3) is 11.8 Å². The van der Waals surface area contributed by atoms with Crippen molar-refractivity contribution in [1.29, 1.82) is 0 Å². The molecule has 0 aliphatic heterocycles. The first-order valence-electron chi connectivity index (χ1n) is 12.5. The van der Waals surface area contributed by atoms with Gasteiger partial charge in [-0.1, -0.05) is 30.2 Å². The Labute approximate surface area is 241 Å². The van der Waals surface area contributed by atoms with Crippen LogP contribution in [0.5, 0.6) is 5.75 Å². The van der Waals surface area contributed by atoms with Crippen molar-refractivity contribution in [3.63, 3.8) is 0 Å². The van der Waals surface area contributed by atoms with E-state index in [1.807, 2.05) is 26.0 Å². The minimum Gasteiger partial charge on any atom is -0.481 e. The number of carbonyl (C=O) groups excluding carboxylic acids is 2. The fraction of sp³-hybridized carbons (Fsp3) is 0.333. The summed E-state index contributed by atoms with van der Waals surface area (Å²) in [6.07, 6.45) is -0.602. The molecule has 218 valence electrons. The smallest absolute Gasteiger partial charge is 0.319 e. The van der Waals surface area contributed by atoms with E-state index in [4.69, 9.17) is 24.3 Å². The summed E-state index contributed by atoms with van der Waals surface area (Å²) < 4.78 is 36.1. The summed E-state index contributed by atoms with van der Waals surface area (Å²) in [5.74, 6) is 0.00323. The maximum atomic E-state index is 14.8. The Balaban J connectivity index is 0.00000462. The minimum atomic E-state index is -0.779. The first-order chi connectivity index (χ1) is 19.1. The van der Waals surface area contributed by atoms with E-state index >= 15 is 0 Å². The largest absolute Gasteiger partial charge is 0.481 e. The molecule has 0 saturated heterocycles. The number of rotatable bonds is 11. The minimum absolute atomic E-state index is 0. The van der Waals surface area contributed by atoms with Crippen LogP contribution in [0, 0.1) is 5.82 Å².